The fourth-order valence-electron chi connectivity index (χ4n) is 3.98. The van der Waals surface area contributed by atoms with Crippen molar-refractivity contribution >= 4 is 28.8 Å². The van der Waals surface area contributed by atoms with Crippen LogP contribution in [0.15, 0.2) is 42.6 Å². The van der Waals surface area contributed by atoms with Crippen LogP contribution < -0.4 is 5.32 Å². The van der Waals surface area contributed by atoms with Gasteiger partial charge in [0.15, 0.2) is 0 Å². The molecule has 0 unspecified atom stereocenters. The van der Waals surface area contributed by atoms with Gasteiger partial charge in [0.1, 0.15) is 11.5 Å². The summed E-state index contributed by atoms with van der Waals surface area (Å²) in [6.45, 7) is 14.0. The van der Waals surface area contributed by atoms with Crippen LogP contribution in [0.25, 0.3) is 4.85 Å². The Morgan fingerprint density at radius 3 is 2.50 bits per heavy atom. The van der Waals surface area contributed by atoms with Gasteiger partial charge in [0.05, 0.1) is 12.1 Å². The van der Waals surface area contributed by atoms with Gasteiger partial charge in [-0.3, -0.25) is 19.4 Å². The van der Waals surface area contributed by atoms with Crippen molar-refractivity contribution in [1.82, 2.24) is 9.55 Å². The van der Waals surface area contributed by atoms with E-state index in [-0.39, 0.29) is 29.1 Å². The van der Waals surface area contributed by atoms with E-state index in [0.717, 1.165) is 6.07 Å². The fourth-order valence-corrected chi connectivity index (χ4v) is 3.98. The van der Waals surface area contributed by atoms with Gasteiger partial charge >= 0.3 is 0 Å². The number of Topliss-reactive ketones (excluding diaryl/α,β-unsaturated/α-hetero) is 2. The normalized spacial score (nSPS) is 11.1. The molecule has 3 rings (SSSR count). The third-order valence-corrected chi connectivity index (χ3v) is 5.91. The lowest BCUT2D eigenvalue weighted by Crippen LogP contribution is -2.27. The first-order valence-corrected chi connectivity index (χ1v) is 10.6. The second-order valence-corrected chi connectivity index (χ2v) is 8.75. The first-order valence-electron chi connectivity index (χ1n) is 10.6. The fraction of sp³-hybridized carbons (Fsp3) is 0.269. The zero-order valence-corrected chi connectivity index (χ0v) is 19.7. The summed E-state index contributed by atoms with van der Waals surface area (Å²) >= 11 is 0. The van der Waals surface area contributed by atoms with E-state index in [1.165, 1.54) is 12.1 Å². The predicted octanol–water partition coefficient (Wildman–Crippen LogP) is 5.10. The SMILES string of the molecule is [C-]#[N+]c1cc(NC(=O)c2c(C)c(C(=O)C(=O)CC(C)(C)c3ccccn3)c(C)n2C)ccc1F. The van der Waals surface area contributed by atoms with Crippen LogP contribution in [-0.2, 0) is 17.3 Å². The number of ketones is 2. The Bertz CT molecular complexity index is 1330. The van der Waals surface area contributed by atoms with Crippen LogP contribution in [0.4, 0.5) is 15.8 Å². The summed E-state index contributed by atoms with van der Waals surface area (Å²) in [4.78, 5) is 46.5. The number of aromatic nitrogens is 2. The number of hydrogen-bond acceptors (Lipinski definition) is 4. The molecule has 2 aromatic heterocycles. The van der Waals surface area contributed by atoms with Crippen LogP contribution >= 0.6 is 0 Å². The molecule has 1 N–H and O–H groups in total. The molecule has 2 heterocycles. The molecule has 0 saturated heterocycles. The van der Waals surface area contributed by atoms with E-state index in [4.69, 9.17) is 6.57 Å². The Morgan fingerprint density at radius 1 is 1.18 bits per heavy atom. The number of nitrogens with zero attached hydrogens (tertiary/aromatic N) is 3. The molecule has 1 aromatic carbocycles. The summed E-state index contributed by atoms with van der Waals surface area (Å²) in [5.74, 6) is -2.45. The molecule has 0 atom stereocenters. The molecule has 1 amide bonds. The van der Waals surface area contributed by atoms with Gasteiger partial charge in [0.2, 0.25) is 17.3 Å². The summed E-state index contributed by atoms with van der Waals surface area (Å²) in [5.41, 5.74) is 1.34. The summed E-state index contributed by atoms with van der Waals surface area (Å²) < 4.78 is 15.2. The minimum atomic E-state index is -0.682. The van der Waals surface area contributed by atoms with Crippen LogP contribution in [0.5, 0.6) is 0 Å². The molecular weight excluding hydrogens is 435 g/mol. The lowest BCUT2D eigenvalue weighted by Gasteiger charge is -2.22. The first-order chi connectivity index (χ1) is 16.0. The van der Waals surface area contributed by atoms with Gasteiger partial charge in [-0.1, -0.05) is 19.9 Å². The van der Waals surface area contributed by atoms with Gasteiger partial charge < -0.3 is 9.88 Å². The molecule has 0 bridgehead atoms. The number of rotatable bonds is 7. The second kappa shape index (κ2) is 9.40. The molecular formula is C26H25FN4O3. The summed E-state index contributed by atoms with van der Waals surface area (Å²) in [6, 6.07) is 9.11. The minimum absolute atomic E-state index is 0.0346. The third-order valence-electron chi connectivity index (χ3n) is 5.91. The molecule has 7 nitrogen and oxygen atoms in total. The van der Waals surface area contributed by atoms with Gasteiger partial charge in [-0.25, -0.2) is 9.24 Å². The quantitative estimate of drug-likeness (QED) is 0.302. The predicted molar refractivity (Wildman–Crippen MR) is 127 cm³/mol. The maximum absolute atomic E-state index is 13.6. The van der Waals surface area contributed by atoms with E-state index < -0.39 is 28.7 Å². The van der Waals surface area contributed by atoms with Crippen LogP contribution in [0.1, 0.15) is 58.1 Å². The molecule has 0 aliphatic carbocycles. The molecule has 0 aliphatic heterocycles. The van der Waals surface area contributed by atoms with E-state index in [0.29, 0.717) is 17.0 Å². The lowest BCUT2D eigenvalue weighted by atomic mass is 9.82. The highest BCUT2D eigenvalue weighted by atomic mass is 19.1. The smallest absolute Gasteiger partial charge is 0.272 e. The van der Waals surface area contributed by atoms with Crippen molar-refractivity contribution in [2.45, 2.75) is 39.5 Å². The first kappa shape index (κ1) is 24.5. The highest BCUT2D eigenvalue weighted by Crippen LogP contribution is 2.29. The van der Waals surface area contributed by atoms with E-state index in [2.05, 4.69) is 15.1 Å². The van der Waals surface area contributed by atoms with Gasteiger partial charge in [-0.15, -0.1) is 0 Å². The molecule has 0 saturated carbocycles. The average molecular weight is 461 g/mol. The van der Waals surface area contributed by atoms with E-state index in [1.807, 2.05) is 26.0 Å². The van der Waals surface area contributed by atoms with Crippen molar-refractivity contribution in [3.8, 4) is 0 Å². The lowest BCUT2D eigenvalue weighted by molar-refractivity contribution is -0.116. The molecule has 0 spiro atoms. The Kier molecular flexibility index (Phi) is 6.78. The number of benzene rings is 1. The maximum Gasteiger partial charge on any atom is 0.272 e. The molecule has 0 aliphatic rings. The minimum Gasteiger partial charge on any atom is -0.343 e. The van der Waals surface area contributed by atoms with Crippen LogP contribution in [0.3, 0.4) is 0 Å². The largest absolute Gasteiger partial charge is 0.343 e. The molecule has 0 radical (unpaired) electrons. The van der Waals surface area contributed by atoms with Crippen molar-refractivity contribution in [3.63, 3.8) is 0 Å². The van der Waals surface area contributed by atoms with Gasteiger partial charge in [0, 0.05) is 42.2 Å². The monoisotopic (exact) mass is 460 g/mol. The number of carbonyl (C=O) groups is 3. The maximum atomic E-state index is 13.6. The van der Waals surface area contributed by atoms with Gasteiger partial charge in [-0.2, -0.15) is 0 Å². The van der Waals surface area contributed by atoms with E-state index in [9.17, 15) is 18.8 Å². The summed E-state index contributed by atoms with van der Waals surface area (Å²) in [7, 11) is 1.63. The highest BCUT2D eigenvalue weighted by Gasteiger charge is 2.33. The third kappa shape index (κ3) is 4.64. The number of anilines is 1. The van der Waals surface area contributed by atoms with Crippen LogP contribution in [-0.4, -0.2) is 27.0 Å². The Balaban J connectivity index is 1.88. The zero-order chi connectivity index (χ0) is 25.2. The number of carbonyl (C=O) groups excluding carboxylic acids is 3. The summed E-state index contributed by atoms with van der Waals surface area (Å²) in [6.07, 6.45) is 1.61. The zero-order valence-electron chi connectivity index (χ0n) is 19.7. The van der Waals surface area contributed by atoms with Crippen molar-refractivity contribution in [2.24, 2.45) is 7.05 Å². The number of hydrogen-bond donors (Lipinski definition) is 1. The molecule has 0 fully saturated rings. The molecule has 3 aromatic rings. The van der Waals surface area contributed by atoms with Crippen molar-refractivity contribution in [3.05, 3.63) is 88.0 Å². The highest BCUT2D eigenvalue weighted by molar-refractivity contribution is 6.44. The van der Waals surface area contributed by atoms with Crippen LogP contribution in [0, 0.1) is 26.2 Å². The number of amides is 1. The van der Waals surface area contributed by atoms with Crippen LogP contribution in [0.2, 0.25) is 0 Å². The van der Waals surface area contributed by atoms with Crippen molar-refractivity contribution in [1.29, 1.82) is 0 Å². The van der Waals surface area contributed by atoms with Gasteiger partial charge in [-0.05, 0) is 49.7 Å². The van der Waals surface area contributed by atoms with E-state index in [1.54, 1.807) is 37.7 Å². The van der Waals surface area contributed by atoms with Crippen molar-refractivity contribution in [2.75, 3.05) is 5.32 Å². The standard InChI is InChI=1S/C26H25FN4O3/c1-15-22(24(33)20(32)14-26(3,4)21-9-7-8-12-29-21)16(2)31(6)23(15)25(34)30-17-10-11-18(27)19(13-17)28-5/h7-13H,14H2,1-4,6H3,(H,30,34). The average Bonchev–Trinajstić information content (AvgIpc) is 3.02. The summed E-state index contributed by atoms with van der Waals surface area (Å²) in [5, 5.41) is 2.64. The Hall–Kier alpha value is -4.12. The van der Waals surface area contributed by atoms with Gasteiger partial charge in [0.25, 0.3) is 5.91 Å². The molecule has 34 heavy (non-hydrogen) atoms. The number of pyridine rings is 1. The second-order valence-electron chi connectivity index (χ2n) is 8.75. The molecule has 8 heteroatoms. The number of nitrogens with one attached hydrogen (secondary N) is 1. The Labute approximate surface area is 197 Å². The molecule has 174 valence electrons. The Morgan fingerprint density at radius 2 is 1.88 bits per heavy atom. The topological polar surface area (TPSA) is 85.4 Å². The van der Waals surface area contributed by atoms with Crippen molar-refractivity contribution < 1.29 is 18.8 Å². The van der Waals surface area contributed by atoms with E-state index >= 15 is 0 Å². The number of halogens is 1.